The van der Waals surface area contributed by atoms with Crippen LogP contribution < -0.4 is 5.32 Å². The van der Waals surface area contributed by atoms with Gasteiger partial charge in [0.1, 0.15) is 5.78 Å². The first-order valence-electron chi connectivity index (χ1n) is 8.70. The molecule has 0 saturated carbocycles. The van der Waals surface area contributed by atoms with Crippen molar-refractivity contribution < 1.29 is 4.79 Å². The van der Waals surface area contributed by atoms with Crippen LogP contribution in [0, 0.1) is 0 Å². The number of benzene rings is 2. The molecule has 3 heteroatoms. The molecule has 3 nitrogen and oxygen atoms in total. The van der Waals surface area contributed by atoms with E-state index in [1.54, 1.807) is 6.92 Å². The van der Waals surface area contributed by atoms with Crippen LogP contribution in [-0.4, -0.2) is 10.8 Å². The molecule has 3 aromatic rings. The van der Waals surface area contributed by atoms with Gasteiger partial charge in [0.15, 0.2) is 0 Å². The summed E-state index contributed by atoms with van der Waals surface area (Å²) in [4.78, 5) is 14.4. The standard InChI is InChI=1S/C22H24N2O/c1-16(7-12-19-15-23-22-6-4-3-5-21(19)22)24-20-13-10-18(11-14-20)9-8-17(2)25/h3-6,10-11,13-15,23-24H,1,7-9,12H2,2H3. The Morgan fingerprint density at radius 1 is 1.04 bits per heavy atom. The molecule has 1 aromatic heterocycles. The highest BCUT2D eigenvalue weighted by Gasteiger charge is 2.04. The van der Waals surface area contributed by atoms with E-state index >= 15 is 0 Å². The van der Waals surface area contributed by atoms with Crippen LogP contribution in [0.5, 0.6) is 0 Å². The van der Waals surface area contributed by atoms with Crippen LogP contribution in [0.1, 0.15) is 30.9 Å². The molecule has 0 spiro atoms. The lowest BCUT2D eigenvalue weighted by Gasteiger charge is -2.10. The zero-order valence-corrected chi connectivity index (χ0v) is 14.6. The number of allylic oxidation sites excluding steroid dienone is 1. The van der Waals surface area contributed by atoms with Crippen molar-refractivity contribution in [3.05, 3.63) is 78.1 Å². The molecule has 0 aliphatic heterocycles. The van der Waals surface area contributed by atoms with E-state index in [-0.39, 0.29) is 5.78 Å². The summed E-state index contributed by atoms with van der Waals surface area (Å²) in [5.74, 6) is 0.230. The molecule has 0 bridgehead atoms. The minimum atomic E-state index is 0.230. The minimum Gasteiger partial charge on any atom is -0.361 e. The van der Waals surface area contributed by atoms with Gasteiger partial charge in [-0.1, -0.05) is 36.9 Å². The van der Waals surface area contributed by atoms with Crippen LogP contribution in [0.25, 0.3) is 10.9 Å². The van der Waals surface area contributed by atoms with E-state index in [2.05, 4.69) is 53.4 Å². The van der Waals surface area contributed by atoms with Gasteiger partial charge in [-0.15, -0.1) is 0 Å². The van der Waals surface area contributed by atoms with Crippen molar-refractivity contribution in [3.8, 4) is 0 Å². The second kappa shape index (κ2) is 7.84. The Labute approximate surface area is 148 Å². The van der Waals surface area contributed by atoms with Crippen molar-refractivity contribution in [1.82, 2.24) is 4.98 Å². The molecule has 2 N–H and O–H groups in total. The molecule has 25 heavy (non-hydrogen) atoms. The number of carbonyl (C=O) groups is 1. The highest BCUT2D eigenvalue weighted by atomic mass is 16.1. The summed E-state index contributed by atoms with van der Waals surface area (Å²) in [6.07, 6.45) is 5.32. The second-order valence-electron chi connectivity index (χ2n) is 6.49. The van der Waals surface area contributed by atoms with Crippen molar-refractivity contribution >= 4 is 22.4 Å². The van der Waals surface area contributed by atoms with Gasteiger partial charge in [0.05, 0.1) is 0 Å². The lowest BCUT2D eigenvalue weighted by molar-refractivity contribution is -0.116. The maximum atomic E-state index is 11.1. The van der Waals surface area contributed by atoms with E-state index < -0.39 is 0 Å². The number of aromatic nitrogens is 1. The predicted molar refractivity (Wildman–Crippen MR) is 105 cm³/mol. The summed E-state index contributed by atoms with van der Waals surface area (Å²) >= 11 is 0. The molecule has 128 valence electrons. The number of carbonyl (C=O) groups excluding carboxylic acids is 1. The number of rotatable bonds is 8. The van der Waals surface area contributed by atoms with Crippen LogP contribution in [0.2, 0.25) is 0 Å². The molecule has 0 aliphatic carbocycles. The van der Waals surface area contributed by atoms with Gasteiger partial charge in [0.25, 0.3) is 0 Å². The maximum Gasteiger partial charge on any atom is 0.130 e. The summed E-state index contributed by atoms with van der Waals surface area (Å²) in [6.45, 7) is 5.78. The van der Waals surface area contributed by atoms with Crippen LogP contribution in [0.3, 0.4) is 0 Å². The number of anilines is 1. The Balaban J connectivity index is 1.53. The van der Waals surface area contributed by atoms with Gasteiger partial charge in [-0.25, -0.2) is 0 Å². The van der Waals surface area contributed by atoms with Crippen molar-refractivity contribution in [2.75, 3.05) is 5.32 Å². The van der Waals surface area contributed by atoms with E-state index in [9.17, 15) is 4.79 Å². The number of Topliss-reactive ketones (excluding diaryl/α,β-unsaturated/α-hetero) is 1. The van der Waals surface area contributed by atoms with Crippen LogP contribution in [-0.2, 0) is 17.6 Å². The van der Waals surface area contributed by atoms with E-state index in [0.29, 0.717) is 6.42 Å². The van der Waals surface area contributed by atoms with Crippen molar-refractivity contribution in [2.45, 2.75) is 32.6 Å². The van der Waals surface area contributed by atoms with Crippen molar-refractivity contribution in [2.24, 2.45) is 0 Å². The first-order valence-corrected chi connectivity index (χ1v) is 8.70. The number of ketones is 1. The molecule has 0 unspecified atom stereocenters. The van der Waals surface area contributed by atoms with Gasteiger partial charge in [-0.05, 0) is 55.5 Å². The number of H-pyrrole nitrogens is 1. The summed E-state index contributed by atoms with van der Waals surface area (Å²) in [5.41, 5.74) is 5.72. The normalized spacial score (nSPS) is 10.8. The number of fused-ring (bicyclic) bond motifs is 1. The fourth-order valence-electron chi connectivity index (χ4n) is 2.97. The number of nitrogens with one attached hydrogen (secondary N) is 2. The lowest BCUT2D eigenvalue weighted by Crippen LogP contribution is -2.00. The Kier molecular flexibility index (Phi) is 5.34. The molecular formula is C22H24N2O. The Morgan fingerprint density at radius 3 is 2.56 bits per heavy atom. The number of aromatic amines is 1. The average molecular weight is 332 g/mol. The molecule has 3 rings (SSSR count). The molecule has 0 aliphatic rings. The third-order valence-corrected chi connectivity index (χ3v) is 4.41. The first kappa shape index (κ1) is 17.0. The molecule has 2 aromatic carbocycles. The molecule has 0 radical (unpaired) electrons. The highest BCUT2D eigenvalue weighted by molar-refractivity contribution is 5.83. The molecule has 0 atom stereocenters. The average Bonchev–Trinajstić information content (AvgIpc) is 3.02. The Hall–Kier alpha value is -2.81. The summed E-state index contributed by atoms with van der Waals surface area (Å²) in [6, 6.07) is 16.6. The van der Waals surface area contributed by atoms with E-state index in [0.717, 1.165) is 30.6 Å². The Bertz CT molecular complexity index is 874. The van der Waals surface area contributed by atoms with Gasteiger partial charge in [-0.3, -0.25) is 0 Å². The van der Waals surface area contributed by atoms with Gasteiger partial charge >= 0.3 is 0 Å². The van der Waals surface area contributed by atoms with Crippen molar-refractivity contribution in [3.63, 3.8) is 0 Å². The molecular weight excluding hydrogens is 308 g/mol. The monoisotopic (exact) mass is 332 g/mol. The van der Waals surface area contributed by atoms with Crippen LogP contribution >= 0.6 is 0 Å². The van der Waals surface area contributed by atoms with Crippen LogP contribution in [0.4, 0.5) is 5.69 Å². The topological polar surface area (TPSA) is 44.9 Å². The Morgan fingerprint density at radius 2 is 1.80 bits per heavy atom. The molecule has 1 heterocycles. The molecule has 0 saturated heterocycles. The number of hydrogen-bond donors (Lipinski definition) is 2. The van der Waals surface area contributed by atoms with Crippen molar-refractivity contribution in [1.29, 1.82) is 0 Å². The second-order valence-corrected chi connectivity index (χ2v) is 6.49. The smallest absolute Gasteiger partial charge is 0.130 e. The quantitative estimate of drug-likeness (QED) is 0.592. The summed E-state index contributed by atoms with van der Waals surface area (Å²) < 4.78 is 0. The maximum absolute atomic E-state index is 11.1. The van der Waals surface area contributed by atoms with Gasteiger partial charge in [0, 0.05) is 34.9 Å². The number of para-hydroxylation sites is 1. The van der Waals surface area contributed by atoms with Gasteiger partial charge in [0.2, 0.25) is 0 Å². The lowest BCUT2D eigenvalue weighted by atomic mass is 10.1. The molecule has 0 fully saturated rings. The van der Waals surface area contributed by atoms with Gasteiger partial charge < -0.3 is 15.1 Å². The molecule has 0 amide bonds. The third-order valence-electron chi connectivity index (χ3n) is 4.41. The zero-order chi connectivity index (χ0) is 17.6. The van der Waals surface area contributed by atoms with Gasteiger partial charge in [-0.2, -0.15) is 0 Å². The fourth-order valence-corrected chi connectivity index (χ4v) is 2.97. The third kappa shape index (κ3) is 4.60. The summed E-state index contributed by atoms with van der Waals surface area (Å²) in [5, 5.41) is 4.66. The zero-order valence-electron chi connectivity index (χ0n) is 14.6. The minimum absolute atomic E-state index is 0.230. The number of hydrogen-bond acceptors (Lipinski definition) is 2. The summed E-state index contributed by atoms with van der Waals surface area (Å²) in [7, 11) is 0. The van der Waals surface area contributed by atoms with E-state index in [1.807, 2.05) is 18.2 Å². The SMILES string of the molecule is C=C(CCc1c[nH]c2ccccc12)Nc1ccc(CCC(C)=O)cc1. The van der Waals surface area contributed by atoms with E-state index in [4.69, 9.17) is 0 Å². The predicted octanol–water partition coefficient (Wildman–Crippen LogP) is 5.25. The largest absolute Gasteiger partial charge is 0.361 e. The number of aryl methyl sites for hydroxylation is 2. The first-order chi connectivity index (χ1) is 12.1. The fraction of sp³-hybridized carbons (Fsp3) is 0.227. The van der Waals surface area contributed by atoms with Crippen LogP contribution in [0.15, 0.2) is 67.0 Å². The van der Waals surface area contributed by atoms with E-state index in [1.165, 1.54) is 22.0 Å². The highest BCUT2D eigenvalue weighted by Crippen LogP contribution is 2.21.